The van der Waals surface area contributed by atoms with Crippen molar-refractivity contribution < 1.29 is 27.5 Å². The van der Waals surface area contributed by atoms with Gasteiger partial charge in [-0.1, -0.05) is 30.3 Å². The summed E-state index contributed by atoms with van der Waals surface area (Å²) >= 11 is 0. The molecule has 196 valence electrons. The van der Waals surface area contributed by atoms with Crippen molar-refractivity contribution in [2.75, 3.05) is 23.9 Å². The van der Waals surface area contributed by atoms with E-state index in [-0.39, 0.29) is 44.5 Å². The SMILES string of the molecule is C[C@@H](C(=O)NC(C)(C)C)N(Cc1ccccc1)C(=O)CCCN(c1ccc2c(c1)OCO2)S(C)(=O)=O. The third-order valence-electron chi connectivity index (χ3n) is 5.66. The Morgan fingerprint density at radius 2 is 1.72 bits per heavy atom. The summed E-state index contributed by atoms with van der Waals surface area (Å²) in [5.41, 5.74) is 0.903. The van der Waals surface area contributed by atoms with Gasteiger partial charge in [-0.2, -0.15) is 0 Å². The predicted octanol–water partition coefficient (Wildman–Crippen LogP) is 3.29. The van der Waals surface area contributed by atoms with Gasteiger partial charge >= 0.3 is 0 Å². The Labute approximate surface area is 213 Å². The lowest BCUT2D eigenvalue weighted by atomic mass is 10.1. The molecule has 36 heavy (non-hydrogen) atoms. The maximum absolute atomic E-state index is 13.3. The number of benzene rings is 2. The molecule has 3 rings (SSSR count). The number of amides is 2. The average molecular weight is 518 g/mol. The molecule has 2 aromatic carbocycles. The van der Waals surface area contributed by atoms with Crippen LogP contribution < -0.4 is 19.1 Å². The summed E-state index contributed by atoms with van der Waals surface area (Å²) < 4.78 is 37.0. The van der Waals surface area contributed by atoms with Crippen molar-refractivity contribution in [2.45, 2.75) is 58.7 Å². The number of fused-ring (bicyclic) bond motifs is 1. The zero-order valence-corrected chi connectivity index (χ0v) is 22.3. The first-order chi connectivity index (χ1) is 16.8. The first-order valence-electron chi connectivity index (χ1n) is 11.9. The molecule has 0 aliphatic carbocycles. The summed E-state index contributed by atoms with van der Waals surface area (Å²) in [6.07, 6.45) is 1.48. The van der Waals surface area contributed by atoms with Gasteiger partial charge in [0.1, 0.15) is 6.04 Å². The molecule has 0 bridgehead atoms. The molecule has 0 aromatic heterocycles. The zero-order valence-electron chi connectivity index (χ0n) is 21.5. The van der Waals surface area contributed by atoms with Crippen LogP contribution in [0, 0.1) is 0 Å². The molecule has 0 spiro atoms. The van der Waals surface area contributed by atoms with Gasteiger partial charge in [0.15, 0.2) is 11.5 Å². The van der Waals surface area contributed by atoms with Crippen molar-refractivity contribution >= 4 is 27.5 Å². The average Bonchev–Trinajstić information content (AvgIpc) is 3.26. The van der Waals surface area contributed by atoms with Crippen LogP contribution in [0.5, 0.6) is 11.5 Å². The highest BCUT2D eigenvalue weighted by Crippen LogP contribution is 2.36. The van der Waals surface area contributed by atoms with E-state index in [9.17, 15) is 18.0 Å². The maximum Gasteiger partial charge on any atom is 0.242 e. The van der Waals surface area contributed by atoms with Crippen LogP contribution in [-0.2, 0) is 26.2 Å². The molecular formula is C26H35N3O6S. The van der Waals surface area contributed by atoms with E-state index in [0.717, 1.165) is 11.8 Å². The number of nitrogens with one attached hydrogen (secondary N) is 1. The molecule has 0 saturated heterocycles. The van der Waals surface area contributed by atoms with Gasteiger partial charge < -0.3 is 19.7 Å². The minimum Gasteiger partial charge on any atom is -0.454 e. The third-order valence-corrected chi connectivity index (χ3v) is 6.85. The first kappa shape index (κ1) is 27.3. The van der Waals surface area contributed by atoms with E-state index in [0.29, 0.717) is 17.2 Å². The van der Waals surface area contributed by atoms with E-state index in [4.69, 9.17) is 9.47 Å². The van der Waals surface area contributed by atoms with Crippen molar-refractivity contribution in [1.29, 1.82) is 0 Å². The minimum atomic E-state index is -3.60. The van der Waals surface area contributed by atoms with Gasteiger partial charge in [0.25, 0.3) is 0 Å². The van der Waals surface area contributed by atoms with Crippen molar-refractivity contribution in [3.63, 3.8) is 0 Å². The number of sulfonamides is 1. The van der Waals surface area contributed by atoms with Crippen molar-refractivity contribution in [1.82, 2.24) is 10.2 Å². The number of hydrogen-bond acceptors (Lipinski definition) is 6. The van der Waals surface area contributed by atoms with Gasteiger partial charge in [0.05, 0.1) is 11.9 Å². The Bertz CT molecular complexity index is 1180. The highest BCUT2D eigenvalue weighted by molar-refractivity contribution is 7.92. The van der Waals surface area contributed by atoms with Gasteiger partial charge in [-0.05, 0) is 51.8 Å². The topological polar surface area (TPSA) is 105 Å². The second-order valence-electron chi connectivity index (χ2n) is 9.90. The van der Waals surface area contributed by atoms with Crippen LogP contribution in [0.1, 0.15) is 46.1 Å². The van der Waals surface area contributed by atoms with Crippen molar-refractivity contribution in [2.24, 2.45) is 0 Å². The third kappa shape index (κ3) is 7.36. The first-order valence-corrected chi connectivity index (χ1v) is 13.7. The Kier molecular flexibility index (Phi) is 8.50. The summed E-state index contributed by atoms with van der Waals surface area (Å²) in [4.78, 5) is 27.7. The molecule has 0 unspecified atom stereocenters. The van der Waals surface area contributed by atoms with Crippen LogP contribution >= 0.6 is 0 Å². The lowest BCUT2D eigenvalue weighted by Gasteiger charge is -2.32. The van der Waals surface area contributed by atoms with Crippen LogP contribution in [0.15, 0.2) is 48.5 Å². The van der Waals surface area contributed by atoms with E-state index in [2.05, 4.69) is 5.32 Å². The normalized spacial score (nSPS) is 13.7. The second-order valence-corrected chi connectivity index (χ2v) is 11.8. The molecule has 1 aliphatic heterocycles. The summed E-state index contributed by atoms with van der Waals surface area (Å²) in [7, 11) is -3.60. The summed E-state index contributed by atoms with van der Waals surface area (Å²) in [5.74, 6) is 0.561. The number of carbonyl (C=O) groups is 2. The Morgan fingerprint density at radius 3 is 2.36 bits per heavy atom. The van der Waals surface area contributed by atoms with Gasteiger partial charge in [-0.3, -0.25) is 13.9 Å². The fourth-order valence-corrected chi connectivity index (χ4v) is 4.84. The van der Waals surface area contributed by atoms with E-state index in [1.807, 2.05) is 51.1 Å². The minimum absolute atomic E-state index is 0.0799. The Hall–Kier alpha value is -3.27. The smallest absolute Gasteiger partial charge is 0.242 e. The molecule has 1 aliphatic rings. The number of hydrogen-bond donors (Lipinski definition) is 1. The van der Waals surface area contributed by atoms with Crippen LogP contribution in [0.25, 0.3) is 0 Å². The molecule has 1 atom stereocenters. The number of nitrogens with zero attached hydrogens (tertiary/aromatic N) is 2. The quantitative estimate of drug-likeness (QED) is 0.519. The van der Waals surface area contributed by atoms with E-state index >= 15 is 0 Å². The zero-order chi connectivity index (χ0) is 26.5. The molecule has 9 nitrogen and oxygen atoms in total. The summed E-state index contributed by atoms with van der Waals surface area (Å²) in [5, 5.41) is 2.93. The molecule has 0 radical (unpaired) electrons. The molecule has 0 fully saturated rings. The van der Waals surface area contributed by atoms with Crippen LogP contribution in [0.3, 0.4) is 0 Å². The van der Waals surface area contributed by atoms with Crippen LogP contribution in [-0.4, -0.2) is 56.3 Å². The molecule has 0 saturated carbocycles. The fraction of sp³-hybridized carbons (Fsp3) is 0.462. The van der Waals surface area contributed by atoms with E-state index in [1.54, 1.807) is 30.0 Å². The number of anilines is 1. The molecule has 2 aromatic rings. The highest BCUT2D eigenvalue weighted by atomic mass is 32.2. The monoisotopic (exact) mass is 517 g/mol. The lowest BCUT2D eigenvalue weighted by molar-refractivity contribution is -0.141. The Balaban J connectivity index is 1.72. The van der Waals surface area contributed by atoms with Crippen molar-refractivity contribution in [3.8, 4) is 11.5 Å². The molecule has 1 N–H and O–H groups in total. The largest absolute Gasteiger partial charge is 0.454 e. The molecule has 2 amide bonds. The number of rotatable bonds is 10. The lowest BCUT2D eigenvalue weighted by Crippen LogP contribution is -2.52. The van der Waals surface area contributed by atoms with Gasteiger partial charge in [-0.25, -0.2) is 8.42 Å². The van der Waals surface area contributed by atoms with Crippen molar-refractivity contribution in [3.05, 3.63) is 54.1 Å². The highest BCUT2D eigenvalue weighted by Gasteiger charge is 2.29. The summed E-state index contributed by atoms with van der Waals surface area (Å²) in [6, 6.07) is 13.7. The standard InChI is InChI=1S/C26H35N3O6S/c1-19(25(31)27-26(2,3)4)28(17-20-10-7-6-8-11-20)24(30)12-9-15-29(36(5,32)33)21-13-14-22-23(16-21)35-18-34-22/h6-8,10-11,13-14,16,19H,9,12,15,17-18H2,1-5H3,(H,27,31)/t19-/m0/s1. The molecule has 10 heteroatoms. The fourth-order valence-electron chi connectivity index (χ4n) is 3.88. The Morgan fingerprint density at radius 1 is 1.06 bits per heavy atom. The van der Waals surface area contributed by atoms with Crippen LogP contribution in [0.2, 0.25) is 0 Å². The maximum atomic E-state index is 13.3. The predicted molar refractivity (Wildman–Crippen MR) is 138 cm³/mol. The van der Waals surface area contributed by atoms with E-state index in [1.165, 1.54) is 4.31 Å². The molecule has 1 heterocycles. The van der Waals surface area contributed by atoms with Crippen LogP contribution in [0.4, 0.5) is 5.69 Å². The summed E-state index contributed by atoms with van der Waals surface area (Å²) in [6.45, 7) is 7.83. The van der Waals surface area contributed by atoms with Gasteiger partial charge in [0, 0.05) is 31.1 Å². The molecular weight excluding hydrogens is 482 g/mol. The number of carbonyl (C=O) groups excluding carboxylic acids is 2. The van der Waals surface area contributed by atoms with Gasteiger partial charge in [0.2, 0.25) is 28.6 Å². The second kappa shape index (κ2) is 11.2. The van der Waals surface area contributed by atoms with E-state index < -0.39 is 21.6 Å². The number of ether oxygens (including phenoxy) is 2. The van der Waals surface area contributed by atoms with Gasteiger partial charge in [-0.15, -0.1) is 0 Å².